The first-order valence-electron chi connectivity index (χ1n) is 7.05. The maximum absolute atomic E-state index is 6.38. The molecule has 3 N–H and O–H groups in total. The van der Waals surface area contributed by atoms with Gasteiger partial charge in [0.15, 0.2) is 0 Å². The van der Waals surface area contributed by atoms with Crippen LogP contribution in [0.1, 0.15) is 20.3 Å². The summed E-state index contributed by atoms with van der Waals surface area (Å²) in [6, 6.07) is 1.51. The highest BCUT2D eigenvalue weighted by Crippen LogP contribution is 2.24. The Morgan fingerprint density at radius 2 is 2.12 bits per heavy atom. The summed E-state index contributed by atoms with van der Waals surface area (Å²) in [4.78, 5) is 4.93. The second-order valence-corrected chi connectivity index (χ2v) is 5.71. The Bertz CT molecular complexity index is 246. The van der Waals surface area contributed by atoms with Crippen LogP contribution in [0.15, 0.2) is 0 Å². The highest BCUT2D eigenvalue weighted by atomic mass is 15.2. The van der Waals surface area contributed by atoms with Crippen molar-refractivity contribution in [1.29, 1.82) is 0 Å². The lowest BCUT2D eigenvalue weighted by Crippen LogP contribution is -2.63. The van der Waals surface area contributed by atoms with E-state index < -0.39 is 0 Å². The third kappa shape index (κ3) is 2.81. The maximum Gasteiger partial charge on any atom is 0.0265 e. The van der Waals surface area contributed by atoms with Crippen molar-refractivity contribution < 1.29 is 0 Å². The fraction of sp³-hybridized carbons (Fsp3) is 1.00. The van der Waals surface area contributed by atoms with Gasteiger partial charge in [-0.3, -0.25) is 0 Å². The smallest absolute Gasteiger partial charge is 0.0265 e. The van der Waals surface area contributed by atoms with E-state index in [1.165, 1.54) is 13.0 Å². The van der Waals surface area contributed by atoms with Gasteiger partial charge in [0.05, 0.1) is 0 Å². The van der Waals surface area contributed by atoms with Crippen LogP contribution in [-0.4, -0.2) is 67.7 Å². The van der Waals surface area contributed by atoms with Crippen molar-refractivity contribution in [3.8, 4) is 0 Å². The van der Waals surface area contributed by atoms with Gasteiger partial charge in [-0.25, -0.2) is 0 Å². The summed E-state index contributed by atoms with van der Waals surface area (Å²) >= 11 is 0. The average Bonchev–Trinajstić information content (AvgIpc) is 2.33. The van der Waals surface area contributed by atoms with Crippen LogP contribution < -0.4 is 11.1 Å². The Hall–Kier alpha value is -0.160. The fourth-order valence-corrected chi connectivity index (χ4v) is 3.37. The molecule has 2 aliphatic rings. The van der Waals surface area contributed by atoms with Crippen molar-refractivity contribution in [2.24, 2.45) is 11.7 Å². The molecule has 17 heavy (non-hydrogen) atoms. The first-order valence-corrected chi connectivity index (χ1v) is 7.05. The highest BCUT2D eigenvalue weighted by Gasteiger charge is 2.37. The number of nitrogens with two attached hydrogens (primary N) is 1. The van der Waals surface area contributed by atoms with Gasteiger partial charge in [0.2, 0.25) is 0 Å². The zero-order chi connectivity index (χ0) is 12.4. The summed E-state index contributed by atoms with van der Waals surface area (Å²) < 4.78 is 0. The van der Waals surface area contributed by atoms with Crippen molar-refractivity contribution in [2.75, 3.05) is 39.8 Å². The molecule has 0 saturated carbocycles. The predicted molar refractivity (Wildman–Crippen MR) is 72.1 cm³/mol. The van der Waals surface area contributed by atoms with Gasteiger partial charge in [0, 0.05) is 37.8 Å². The van der Waals surface area contributed by atoms with Crippen LogP contribution in [-0.2, 0) is 0 Å². The van der Waals surface area contributed by atoms with Crippen molar-refractivity contribution in [1.82, 2.24) is 15.1 Å². The Morgan fingerprint density at radius 3 is 2.76 bits per heavy atom. The molecule has 4 nitrogen and oxygen atoms in total. The van der Waals surface area contributed by atoms with Gasteiger partial charge < -0.3 is 20.9 Å². The average molecular weight is 240 g/mol. The largest absolute Gasteiger partial charge is 0.326 e. The zero-order valence-electron chi connectivity index (χ0n) is 11.5. The molecule has 2 aliphatic heterocycles. The van der Waals surface area contributed by atoms with E-state index in [0.29, 0.717) is 24.0 Å². The Kier molecular flexibility index (Phi) is 4.42. The van der Waals surface area contributed by atoms with Crippen molar-refractivity contribution in [2.45, 2.75) is 38.4 Å². The molecule has 0 aromatic rings. The van der Waals surface area contributed by atoms with E-state index in [0.717, 1.165) is 26.2 Å². The molecule has 0 spiro atoms. The molecule has 0 radical (unpaired) electrons. The first-order chi connectivity index (χ1) is 8.13. The van der Waals surface area contributed by atoms with Crippen LogP contribution in [0.25, 0.3) is 0 Å². The number of likely N-dealkylation sites (tertiary alicyclic amines) is 1. The molecule has 0 aliphatic carbocycles. The summed E-state index contributed by atoms with van der Waals surface area (Å²) in [5, 5.41) is 3.69. The van der Waals surface area contributed by atoms with Gasteiger partial charge in [-0.15, -0.1) is 0 Å². The van der Waals surface area contributed by atoms with Gasteiger partial charge in [-0.05, 0) is 39.4 Å². The Balaban J connectivity index is 1.97. The molecule has 4 atom stereocenters. The summed E-state index contributed by atoms with van der Waals surface area (Å²) in [5.74, 6) is 0.635. The summed E-state index contributed by atoms with van der Waals surface area (Å²) in [7, 11) is 2.23. The molecule has 2 rings (SSSR count). The number of piperazine rings is 1. The highest BCUT2D eigenvalue weighted by molar-refractivity contribution is 4.96. The summed E-state index contributed by atoms with van der Waals surface area (Å²) in [6.07, 6.45) is 1.24. The van der Waals surface area contributed by atoms with Crippen LogP contribution in [0.4, 0.5) is 0 Å². The molecule has 4 heteroatoms. The van der Waals surface area contributed by atoms with E-state index in [2.05, 4.69) is 36.0 Å². The second kappa shape index (κ2) is 5.65. The number of rotatable bonds is 2. The monoisotopic (exact) mass is 240 g/mol. The lowest BCUT2D eigenvalue weighted by molar-refractivity contribution is 0.0753. The van der Waals surface area contributed by atoms with E-state index >= 15 is 0 Å². The third-order valence-corrected chi connectivity index (χ3v) is 4.77. The normalized spacial score (nSPS) is 41.6. The van der Waals surface area contributed by atoms with Crippen LogP contribution in [0, 0.1) is 5.92 Å². The molecule has 0 aromatic carbocycles. The van der Waals surface area contributed by atoms with E-state index in [1.807, 2.05) is 0 Å². The number of hydrogen-bond acceptors (Lipinski definition) is 4. The molecule has 2 fully saturated rings. The van der Waals surface area contributed by atoms with Gasteiger partial charge in [-0.2, -0.15) is 0 Å². The van der Waals surface area contributed by atoms with E-state index in [4.69, 9.17) is 5.73 Å². The molecule has 0 aromatic heterocycles. The fourth-order valence-electron chi connectivity index (χ4n) is 3.37. The van der Waals surface area contributed by atoms with Crippen molar-refractivity contribution in [3.63, 3.8) is 0 Å². The number of piperidine rings is 1. The first kappa shape index (κ1) is 13.3. The molecule has 4 unspecified atom stereocenters. The summed E-state index contributed by atoms with van der Waals surface area (Å²) in [6.45, 7) is 10.2. The molecule has 100 valence electrons. The molecule has 0 amide bonds. The number of likely N-dealkylation sites (N-methyl/N-ethyl adjacent to an activating group) is 2. The minimum absolute atomic E-state index is 0.329. The lowest BCUT2D eigenvalue weighted by atomic mass is 9.81. The molecular formula is C13H28N4. The molecule has 0 bridgehead atoms. The minimum Gasteiger partial charge on any atom is -0.326 e. The van der Waals surface area contributed by atoms with E-state index in [-0.39, 0.29) is 0 Å². The lowest BCUT2D eigenvalue weighted by Gasteiger charge is -2.47. The maximum atomic E-state index is 6.38. The molecule has 2 heterocycles. The van der Waals surface area contributed by atoms with E-state index in [1.54, 1.807) is 0 Å². The Labute approximate surface area is 106 Å². The minimum atomic E-state index is 0.329. The van der Waals surface area contributed by atoms with Gasteiger partial charge in [-0.1, -0.05) is 6.92 Å². The predicted octanol–water partition coefficient (Wildman–Crippen LogP) is -0.0524. The SMILES string of the molecule is CCN1CCC(C2NCCN(C)C2C)C(N)C1. The molecular weight excluding hydrogens is 212 g/mol. The Morgan fingerprint density at radius 1 is 1.35 bits per heavy atom. The van der Waals surface area contributed by atoms with Crippen LogP contribution in [0.2, 0.25) is 0 Å². The number of nitrogens with one attached hydrogen (secondary N) is 1. The number of nitrogens with zero attached hydrogens (tertiary/aromatic N) is 2. The van der Waals surface area contributed by atoms with Gasteiger partial charge >= 0.3 is 0 Å². The van der Waals surface area contributed by atoms with Crippen molar-refractivity contribution >= 4 is 0 Å². The molecule has 2 saturated heterocycles. The topological polar surface area (TPSA) is 44.5 Å². The quantitative estimate of drug-likeness (QED) is 0.710. The van der Waals surface area contributed by atoms with Crippen LogP contribution in [0.3, 0.4) is 0 Å². The van der Waals surface area contributed by atoms with Gasteiger partial charge in [0.25, 0.3) is 0 Å². The summed E-state index contributed by atoms with van der Waals surface area (Å²) in [5.41, 5.74) is 6.38. The second-order valence-electron chi connectivity index (χ2n) is 5.71. The third-order valence-electron chi connectivity index (χ3n) is 4.77. The van der Waals surface area contributed by atoms with E-state index in [9.17, 15) is 0 Å². The van der Waals surface area contributed by atoms with Crippen LogP contribution >= 0.6 is 0 Å². The van der Waals surface area contributed by atoms with Crippen molar-refractivity contribution in [3.05, 3.63) is 0 Å². The van der Waals surface area contributed by atoms with Gasteiger partial charge in [0.1, 0.15) is 0 Å². The zero-order valence-corrected chi connectivity index (χ0v) is 11.5. The standard InChI is InChI=1S/C13H28N4/c1-4-17-7-5-11(12(14)9-17)13-10(2)16(3)8-6-15-13/h10-13,15H,4-9,14H2,1-3H3. The number of hydrogen-bond donors (Lipinski definition) is 2. The van der Waals surface area contributed by atoms with Crippen LogP contribution in [0.5, 0.6) is 0 Å².